The fraction of sp³-hybridized carbons (Fsp3) is 0.250. The van der Waals surface area contributed by atoms with Crippen molar-refractivity contribution in [2.75, 3.05) is 13.7 Å². The number of ether oxygens (including phenoxy) is 2. The van der Waals surface area contributed by atoms with E-state index in [1.807, 2.05) is 0 Å². The minimum Gasteiger partial charge on any atom is -0.466 e. The van der Waals surface area contributed by atoms with Gasteiger partial charge in [-0.3, -0.25) is 4.98 Å². The van der Waals surface area contributed by atoms with Crippen molar-refractivity contribution in [1.82, 2.24) is 4.98 Å². The molecule has 0 N–H and O–H groups in total. The molecule has 18 heavy (non-hydrogen) atoms. The fourth-order valence-corrected chi connectivity index (χ4v) is 1.73. The predicted molar refractivity (Wildman–Crippen MR) is 68.9 cm³/mol. The number of hydrogen-bond donors (Lipinski definition) is 0. The van der Waals surface area contributed by atoms with Gasteiger partial charge in [0.1, 0.15) is 0 Å². The first-order valence-corrected chi connectivity index (χ1v) is 5.96. The largest absolute Gasteiger partial charge is 0.466 e. The number of aromatic nitrogens is 1. The van der Waals surface area contributed by atoms with Gasteiger partial charge in [0.25, 0.3) is 0 Å². The van der Waals surface area contributed by atoms with E-state index in [1.165, 1.54) is 31.7 Å². The van der Waals surface area contributed by atoms with E-state index in [9.17, 15) is 9.59 Å². The Kier molecular flexibility index (Phi) is 5.51. The van der Waals surface area contributed by atoms with E-state index in [0.29, 0.717) is 15.6 Å². The van der Waals surface area contributed by atoms with Crippen molar-refractivity contribution in [3.05, 3.63) is 34.1 Å². The molecule has 0 unspecified atom stereocenters. The van der Waals surface area contributed by atoms with Crippen molar-refractivity contribution in [3.63, 3.8) is 0 Å². The first-order chi connectivity index (χ1) is 8.60. The highest BCUT2D eigenvalue weighted by molar-refractivity contribution is 9.10. The SMILES string of the molecule is CCOC(=O)c1c(Br)cncc1C=CC(=O)OC. The molecule has 1 heterocycles. The normalized spacial score (nSPS) is 10.4. The summed E-state index contributed by atoms with van der Waals surface area (Å²) in [6.45, 7) is 1.99. The number of pyridine rings is 1. The molecule has 5 nitrogen and oxygen atoms in total. The average Bonchev–Trinajstić information content (AvgIpc) is 2.36. The molecule has 0 aromatic carbocycles. The van der Waals surface area contributed by atoms with Crippen molar-refractivity contribution < 1.29 is 19.1 Å². The second kappa shape index (κ2) is 6.90. The third kappa shape index (κ3) is 3.66. The highest BCUT2D eigenvalue weighted by Crippen LogP contribution is 2.21. The lowest BCUT2D eigenvalue weighted by Crippen LogP contribution is -2.08. The number of hydrogen-bond acceptors (Lipinski definition) is 5. The third-order valence-corrected chi connectivity index (χ3v) is 2.61. The van der Waals surface area contributed by atoms with E-state index in [1.54, 1.807) is 6.92 Å². The highest BCUT2D eigenvalue weighted by Gasteiger charge is 2.15. The Hall–Kier alpha value is -1.69. The molecule has 1 aromatic heterocycles. The molecule has 0 spiro atoms. The second-order valence-electron chi connectivity index (χ2n) is 3.16. The van der Waals surface area contributed by atoms with E-state index in [0.717, 1.165) is 0 Å². The third-order valence-electron chi connectivity index (χ3n) is 2.01. The summed E-state index contributed by atoms with van der Waals surface area (Å²) in [5, 5.41) is 0. The fourth-order valence-electron chi connectivity index (χ4n) is 1.22. The molecule has 0 aliphatic carbocycles. The van der Waals surface area contributed by atoms with Gasteiger partial charge in [0, 0.05) is 24.0 Å². The molecule has 0 bridgehead atoms. The summed E-state index contributed by atoms with van der Waals surface area (Å²) in [7, 11) is 1.28. The molecule has 0 fully saturated rings. The zero-order chi connectivity index (χ0) is 13.5. The maximum Gasteiger partial charge on any atom is 0.339 e. The van der Waals surface area contributed by atoms with Gasteiger partial charge >= 0.3 is 11.9 Å². The van der Waals surface area contributed by atoms with Crippen LogP contribution in [0.15, 0.2) is 22.9 Å². The van der Waals surface area contributed by atoms with Crippen molar-refractivity contribution in [2.24, 2.45) is 0 Å². The summed E-state index contributed by atoms with van der Waals surface area (Å²) < 4.78 is 9.92. The summed E-state index contributed by atoms with van der Waals surface area (Å²) in [6, 6.07) is 0. The van der Waals surface area contributed by atoms with E-state index in [-0.39, 0.29) is 6.61 Å². The Balaban J connectivity index is 3.11. The maximum atomic E-state index is 11.8. The van der Waals surface area contributed by atoms with Gasteiger partial charge in [-0.05, 0) is 28.9 Å². The smallest absolute Gasteiger partial charge is 0.339 e. The number of esters is 2. The molecule has 0 saturated carbocycles. The lowest BCUT2D eigenvalue weighted by Gasteiger charge is -2.07. The lowest BCUT2D eigenvalue weighted by atomic mass is 10.1. The second-order valence-corrected chi connectivity index (χ2v) is 4.02. The average molecular weight is 314 g/mol. The first kappa shape index (κ1) is 14.4. The molecule has 6 heteroatoms. The molecular weight excluding hydrogens is 302 g/mol. The summed E-state index contributed by atoms with van der Waals surface area (Å²) >= 11 is 3.23. The van der Waals surface area contributed by atoms with Gasteiger partial charge in [-0.2, -0.15) is 0 Å². The van der Waals surface area contributed by atoms with Crippen molar-refractivity contribution in [2.45, 2.75) is 6.92 Å². The van der Waals surface area contributed by atoms with Crippen LogP contribution in [0.4, 0.5) is 0 Å². The number of halogens is 1. The van der Waals surface area contributed by atoms with Crippen LogP contribution in [0.5, 0.6) is 0 Å². The topological polar surface area (TPSA) is 65.5 Å². The van der Waals surface area contributed by atoms with E-state index in [2.05, 4.69) is 25.7 Å². The van der Waals surface area contributed by atoms with Crippen molar-refractivity contribution in [3.8, 4) is 0 Å². The molecule has 0 aliphatic heterocycles. The van der Waals surface area contributed by atoms with E-state index >= 15 is 0 Å². The zero-order valence-corrected chi connectivity index (χ0v) is 11.6. The molecule has 0 amide bonds. The predicted octanol–water partition coefficient (Wildman–Crippen LogP) is 2.21. The Labute approximate surface area is 113 Å². The minimum atomic E-state index is -0.509. The highest BCUT2D eigenvalue weighted by atomic mass is 79.9. The van der Waals surface area contributed by atoms with Crippen LogP contribution in [-0.2, 0) is 14.3 Å². The Morgan fingerprint density at radius 1 is 1.44 bits per heavy atom. The van der Waals surface area contributed by atoms with Gasteiger partial charge in [0.2, 0.25) is 0 Å². The monoisotopic (exact) mass is 313 g/mol. The van der Waals surface area contributed by atoms with Crippen LogP contribution >= 0.6 is 15.9 Å². The number of carbonyl (C=O) groups is 2. The number of methoxy groups -OCH3 is 1. The van der Waals surface area contributed by atoms with Crippen LogP contribution in [0.3, 0.4) is 0 Å². The zero-order valence-electron chi connectivity index (χ0n) is 9.97. The first-order valence-electron chi connectivity index (χ1n) is 5.16. The van der Waals surface area contributed by atoms with Crippen molar-refractivity contribution in [1.29, 1.82) is 0 Å². The van der Waals surface area contributed by atoms with E-state index < -0.39 is 11.9 Å². The molecule has 1 rings (SSSR count). The molecule has 96 valence electrons. The summed E-state index contributed by atoms with van der Waals surface area (Å²) in [5.74, 6) is -0.985. The molecule has 0 atom stereocenters. The van der Waals surface area contributed by atoms with Crippen LogP contribution in [0.2, 0.25) is 0 Å². The Morgan fingerprint density at radius 2 is 2.17 bits per heavy atom. The number of rotatable bonds is 4. The summed E-state index contributed by atoms with van der Waals surface area (Å²) in [5.41, 5.74) is 0.806. The Bertz CT molecular complexity index is 485. The summed E-state index contributed by atoms with van der Waals surface area (Å²) in [6.07, 6.45) is 5.63. The lowest BCUT2D eigenvalue weighted by molar-refractivity contribution is -0.134. The van der Waals surface area contributed by atoms with Crippen LogP contribution in [0, 0.1) is 0 Å². The standard InChI is InChI=1S/C12H12BrNO4/c1-3-18-12(16)11-8(4-5-10(15)17-2)6-14-7-9(11)13/h4-7H,3H2,1-2H3. The molecular formula is C12H12BrNO4. The molecule has 0 saturated heterocycles. The van der Waals surface area contributed by atoms with Gasteiger partial charge in [-0.25, -0.2) is 9.59 Å². The van der Waals surface area contributed by atoms with E-state index in [4.69, 9.17) is 4.74 Å². The number of carbonyl (C=O) groups excluding carboxylic acids is 2. The van der Waals surface area contributed by atoms with Gasteiger partial charge < -0.3 is 9.47 Å². The van der Waals surface area contributed by atoms with Crippen LogP contribution < -0.4 is 0 Å². The van der Waals surface area contributed by atoms with Gasteiger partial charge in [0.15, 0.2) is 0 Å². The van der Waals surface area contributed by atoms with Crippen LogP contribution in [0.1, 0.15) is 22.8 Å². The molecule has 0 aliphatic rings. The quantitative estimate of drug-likeness (QED) is 0.630. The van der Waals surface area contributed by atoms with Gasteiger partial charge in [0.05, 0.1) is 23.8 Å². The minimum absolute atomic E-state index is 0.272. The Morgan fingerprint density at radius 3 is 2.78 bits per heavy atom. The van der Waals surface area contributed by atoms with Gasteiger partial charge in [-0.1, -0.05) is 0 Å². The van der Waals surface area contributed by atoms with Crippen LogP contribution in [-0.4, -0.2) is 30.6 Å². The number of nitrogens with zero attached hydrogens (tertiary/aromatic N) is 1. The molecule has 1 aromatic rings. The van der Waals surface area contributed by atoms with Crippen molar-refractivity contribution >= 4 is 33.9 Å². The molecule has 0 radical (unpaired) electrons. The van der Waals surface area contributed by atoms with Gasteiger partial charge in [-0.15, -0.1) is 0 Å². The summed E-state index contributed by atoms with van der Waals surface area (Å²) in [4.78, 5) is 26.7. The van der Waals surface area contributed by atoms with Crippen LogP contribution in [0.25, 0.3) is 6.08 Å². The maximum absolute atomic E-state index is 11.8.